The second-order valence-corrected chi connectivity index (χ2v) is 5.05. The Bertz CT molecular complexity index is 649. The first kappa shape index (κ1) is 19.1. The van der Waals surface area contributed by atoms with Crippen molar-refractivity contribution < 1.29 is 33.8 Å². The largest absolute Gasteiger partial charge is 0.481 e. The molecule has 0 aromatic heterocycles. The molecule has 0 fully saturated rings. The highest BCUT2D eigenvalue weighted by Crippen LogP contribution is 2.10. The Balaban J connectivity index is 2.92. The second-order valence-electron chi connectivity index (χ2n) is 5.05. The van der Waals surface area contributed by atoms with Gasteiger partial charge in [0.2, 0.25) is 11.8 Å². The highest BCUT2D eigenvalue weighted by molar-refractivity contribution is 5.91. The van der Waals surface area contributed by atoms with Crippen LogP contribution in [0.15, 0.2) is 24.3 Å². The number of carbonyl (C=O) groups excluding carboxylic acids is 2. The number of hydrogen-bond donors (Lipinski definition) is 4. The zero-order valence-electron chi connectivity index (χ0n) is 12.8. The zero-order valence-corrected chi connectivity index (χ0v) is 12.8. The third-order valence-corrected chi connectivity index (χ3v) is 3.07. The monoisotopic (exact) mass is 340 g/mol. The molecule has 1 aromatic carbocycles. The molecule has 0 saturated carbocycles. The molecule has 0 aliphatic rings. The number of carboxylic acid groups (broad SMARTS) is 2. The maximum atomic E-state index is 13.7. The van der Waals surface area contributed by atoms with Gasteiger partial charge in [-0.1, -0.05) is 18.2 Å². The maximum Gasteiger partial charge on any atom is 0.326 e. The van der Waals surface area contributed by atoms with Gasteiger partial charge in [-0.05, 0) is 11.6 Å². The molecule has 2 atom stereocenters. The van der Waals surface area contributed by atoms with Gasteiger partial charge in [-0.2, -0.15) is 0 Å². The molecule has 0 spiro atoms. The van der Waals surface area contributed by atoms with Gasteiger partial charge in [0, 0.05) is 13.3 Å². The second kappa shape index (κ2) is 8.61. The number of halogens is 1. The number of aliphatic carboxylic acids is 2. The summed E-state index contributed by atoms with van der Waals surface area (Å²) in [5.41, 5.74) is 0.150. The molecule has 0 unspecified atom stereocenters. The fourth-order valence-corrected chi connectivity index (χ4v) is 1.99. The van der Waals surface area contributed by atoms with Crippen LogP contribution < -0.4 is 10.6 Å². The van der Waals surface area contributed by atoms with E-state index in [0.717, 1.165) is 6.92 Å². The molecule has 8 nitrogen and oxygen atoms in total. The van der Waals surface area contributed by atoms with E-state index in [9.17, 15) is 23.6 Å². The van der Waals surface area contributed by atoms with Crippen LogP contribution in [-0.4, -0.2) is 46.0 Å². The lowest BCUT2D eigenvalue weighted by Gasteiger charge is -2.20. The Labute approximate surface area is 136 Å². The summed E-state index contributed by atoms with van der Waals surface area (Å²) in [6, 6.07) is 2.71. The highest BCUT2D eigenvalue weighted by atomic mass is 19.1. The van der Waals surface area contributed by atoms with Crippen molar-refractivity contribution in [2.75, 3.05) is 0 Å². The van der Waals surface area contributed by atoms with Gasteiger partial charge in [0.15, 0.2) is 0 Å². The molecule has 9 heteroatoms. The fourth-order valence-electron chi connectivity index (χ4n) is 1.99. The van der Waals surface area contributed by atoms with Gasteiger partial charge in [-0.25, -0.2) is 9.18 Å². The van der Waals surface area contributed by atoms with E-state index in [1.165, 1.54) is 18.2 Å². The van der Waals surface area contributed by atoms with E-state index in [4.69, 9.17) is 10.2 Å². The van der Waals surface area contributed by atoms with Crippen LogP contribution in [0.3, 0.4) is 0 Å². The lowest BCUT2D eigenvalue weighted by atomic mass is 10.0. The lowest BCUT2D eigenvalue weighted by Crippen LogP contribution is -2.52. The molecule has 0 radical (unpaired) electrons. The number of amides is 2. The van der Waals surface area contributed by atoms with E-state index in [1.807, 2.05) is 5.32 Å². The summed E-state index contributed by atoms with van der Waals surface area (Å²) >= 11 is 0. The number of hydrogen-bond acceptors (Lipinski definition) is 4. The van der Waals surface area contributed by atoms with E-state index >= 15 is 0 Å². The van der Waals surface area contributed by atoms with Crippen LogP contribution in [0.25, 0.3) is 0 Å². The van der Waals surface area contributed by atoms with Crippen molar-refractivity contribution in [1.82, 2.24) is 10.6 Å². The molecule has 4 N–H and O–H groups in total. The Kier molecular flexibility index (Phi) is 6.84. The minimum Gasteiger partial charge on any atom is -0.481 e. The molecule has 0 aliphatic heterocycles. The van der Waals surface area contributed by atoms with Crippen molar-refractivity contribution in [1.29, 1.82) is 0 Å². The van der Waals surface area contributed by atoms with Crippen LogP contribution in [-0.2, 0) is 25.6 Å². The number of nitrogens with one attached hydrogen (secondary N) is 2. The molecule has 0 bridgehead atoms. The molecule has 1 aromatic rings. The topological polar surface area (TPSA) is 133 Å². The quantitative estimate of drug-likeness (QED) is 0.523. The van der Waals surface area contributed by atoms with Crippen LogP contribution >= 0.6 is 0 Å². The molecule has 2 amide bonds. The molecule has 130 valence electrons. The highest BCUT2D eigenvalue weighted by Gasteiger charge is 2.28. The van der Waals surface area contributed by atoms with Crippen molar-refractivity contribution in [2.45, 2.75) is 31.8 Å². The van der Waals surface area contributed by atoms with Gasteiger partial charge in [-0.3, -0.25) is 14.4 Å². The Morgan fingerprint density at radius 1 is 1.08 bits per heavy atom. The molecule has 0 aliphatic carbocycles. The minimum atomic E-state index is -1.66. The van der Waals surface area contributed by atoms with Gasteiger partial charge < -0.3 is 20.8 Å². The Hall–Kier alpha value is -2.97. The third kappa shape index (κ3) is 6.03. The van der Waals surface area contributed by atoms with E-state index < -0.39 is 48.1 Å². The first-order valence-electron chi connectivity index (χ1n) is 6.96. The van der Waals surface area contributed by atoms with Crippen molar-refractivity contribution in [3.05, 3.63) is 35.6 Å². The SMILES string of the molecule is CC(=O)N[C@H](Cc1ccccc1F)C(=O)N[C@H](CC(=O)O)C(=O)O. The summed E-state index contributed by atoms with van der Waals surface area (Å²) in [4.78, 5) is 45.1. The summed E-state index contributed by atoms with van der Waals surface area (Å²) in [7, 11) is 0. The summed E-state index contributed by atoms with van der Waals surface area (Å²) < 4.78 is 13.7. The predicted octanol–water partition coefficient (Wildman–Crippen LogP) is -0.0830. The summed E-state index contributed by atoms with van der Waals surface area (Å²) in [6.07, 6.45) is -1.04. The smallest absolute Gasteiger partial charge is 0.326 e. The van der Waals surface area contributed by atoms with Gasteiger partial charge in [0.25, 0.3) is 0 Å². The van der Waals surface area contributed by atoms with Crippen LogP contribution in [0.2, 0.25) is 0 Å². The van der Waals surface area contributed by atoms with Gasteiger partial charge >= 0.3 is 11.9 Å². The number of rotatable bonds is 8. The van der Waals surface area contributed by atoms with E-state index in [1.54, 1.807) is 6.07 Å². The average Bonchev–Trinajstić information content (AvgIpc) is 2.47. The van der Waals surface area contributed by atoms with E-state index in [2.05, 4.69) is 5.32 Å². The van der Waals surface area contributed by atoms with Crippen molar-refractivity contribution in [2.24, 2.45) is 0 Å². The maximum absolute atomic E-state index is 13.7. The molecule has 0 saturated heterocycles. The zero-order chi connectivity index (χ0) is 18.3. The van der Waals surface area contributed by atoms with Gasteiger partial charge in [0.05, 0.1) is 6.42 Å². The summed E-state index contributed by atoms with van der Waals surface area (Å²) in [5.74, 6) is -5.01. The summed E-state index contributed by atoms with van der Waals surface area (Å²) in [5, 5.41) is 21.9. The van der Waals surface area contributed by atoms with Gasteiger partial charge in [0.1, 0.15) is 17.9 Å². The van der Waals surface area contributed by atoms with Crippen molar-refractivity contribution in [3.63, 3.8) is 0 Å². The van der Waals surface area contributed by atoms with Gasteiger partial charge in [-0.15, -0.1) is 0 Å². The number of carbonyl (C=O) groups is 4. The third-order valence-electron chi connectivity index (χ3n) is 3.07. The average molecular weight is 340 g/mol. The normalized spacial score (nSPS) is 12.8. The predicted molar refractivity (Wildman–Crippen MR) is 79.5 cm³/mol. The van der Waals surface area contributed by atoms with Crippen LogP contribution in [0.4, 0.5) is 4.39 Å². The minimum absolute atomic E-state index is 0.150. The standard InChI is InChI=1S/C15H17FN2O6/c1-8(19)17-11(6-9-4-2-3-5-10(9)16)14(22)18-12(15(23)24)7-13(20)21/h2-5,11-12H,6-7H2,1H3,(H,17,19)(H,18,22)(H,20,21)(H,23,24)/t11-,12-/m1/s1. The molecule has 1 rings (SSSR count). The van der Waals surface area contributed by atoms with Crippen LogP contribution in [0.5, 0.6) is 0 Å². The Morgan fingerprint density at radius 2 is 1.71 bits per heavy atom. The van der Waals surface area contributed by atoms with Crippen LogP contribution in [0, 0.1) is 5.82 Å². The molecular formula is C15H17FN2O6. The van der Waals surface area contributed by atoms with Crippen molar-refractivity contribution in [3.8, 4) is 0 Å². The lowest BCUT2D eigenvalue weighted by molar-refractivity contribution is -0.147. The number of carboxylic acids is 2. The number of benzene rings is 1. The first-order valence-corrected chi connectivity index (χ1v) is 6.96. The molecule has 0 heterocycles. The van der Waals surface area contributed by atoms with E-state index in [-0.39, 0.29) is 12.0 Å². The first-order chi connectivity index (χ1) is 11.2. The molecule has 24 heavy (non-hydrogen) atoms. The fraction of sp³-hybridized carbons (Fsp3) is 0.333. The molecular weight excluding hydrogens is 323 g/mol. The van der Waals surface area contributed by atoms with Crippen molar-refractivity contribution >= 4 is 23.8 Å². The van der Waals surface area contributed by atoms with E-state index in [0.29, 0.717) is 0 Å². The van der Waals surface area contributed by atoms with Crippen LogP contribution in [0.1, 0.15) is 18.9 Å². The Morgan fingerprint density at radius 3 is 2.21 bits per heavy atom. The summed E-state index contributed by atoms with van der Waals surface area (Å²) in [6.45, 7) is 1.15.